The third kappa shape index (κ3) is 3.54. The number of carbonyl (C=O) groups excluding carboxylic acids is 1. The van der Waals surface area contributed by atoms with Gasteiger partial charge in [-0.1, -0.05) is 6.92 Å². The topological polar surface area (TPSA) is 56.2 Å². The number of halogens is 2. The summed E-state index contributed by atoms with van der Waals surface area (Å²) in [6.07, 6.45) is 3.91. The van der Waals surface area contributed by atoms with Crippen LogP contribution in [0.3, 0.4) is 0 Å². The van der Waals surface area contributed by atoms with Crippen LogP contribution in [0.15, 0.2) is 12.4 Å². The molecule has 23 heavy (non-hydrogen) atoms. The van der Waals surface area contributed by atoms with Gasteiger partial charge >= 0.3 is 5.92 Å². The van der Waals surface area contributed by atoms with Crippen LogP contribution in [0.25, 0.3) is 0 Å². The van der Waals surface area contributed by atoms with Gasteiger partial charge in [0.25, 0.3) is 5.91 Å². The van der Waals surface area contributed by atoms with Crippen LogP contribution in [0, 0.1) is 0 Å². The second kappa shape index (κ2) is 5.85. The second-order valence-corrected chi connectivity index (χ2v) is 7.21. The summed E-state index contributed by atoms with van der Waals surface area (Å²) in [5.74, 6) is -5.53. The van der Waals surface area contributed by atoms with Gasteiger partial charge in [-0.3, -0.25) is 4.79 Å². The highest BCUT2D eigenvalue weighted by Gasteiger charge is 2.51. The third-order valence-electron chi connectivity index (χ3n) is 4.13. The fraction of sp³-hybridized carbons (Fsp3) is 0.750. The number of imidazole rings is 1. The highest BCUT2D eigenvalue weighted by atomic mass is 19.3. The Balaban J connectivity index is 2.17. The molecule has 1 aromatic rings. The summed E-state index contributed by atoms with van der Waals surface area (Å²) < 4.78 is 36.2. The fourth-order valence-electron chi connectivity index (χ4n) is 3.15. The first kappa shape index (κ1) is 17.8. The smallest absolute Gasteiger partial charge is 0.367 e. The predicted molar refractivity (Wildman–Crippen MR) is 82.2 cm³/mol. The van der Waals surface area contributed by atoms with Crippen molar-refractivity contribution >= 4 is 5.91 Å². The number of nitrogens with zero attached hydrogens (tertiary/aromatic N) is 2. The molecule has 2 rings (SSSR count). The number of aryl methyl sites for hydroxylation is 1. The lowest BCUT2D eigenvalue weighted by Gasteiger charge is -2.28. The van der Waals surface area contributed by atoms with E-state index in [-0.39, 0.29) is 0 Å². The average Bonchev–Trinajstić information content (AvgIpc) is 2.92. The van der Waals surface area contributed by atoms with Crippen molar-refractivity contribution in [3.05, 3.63) is 18.2 Å². The van der Waals surface area contributed by atoms with E-state index in [1.807, 2.05) is 20.8 Å². The van der Waals surface area contributed by atoms with Crippen molar-refractivity contribution in [1.29, 1.82) is 0 Å². The minimum Gasteiger partial charge on any atom is -0.367 e. The summed E-state index contributed by atoms with van der Waals surface area (Å²) in [6.45, 7) is 9.62. The lowest BCUT2D eigenvalue weighted by atomic mass is 9.94. The molecule has 2 heterocycles. The molecule has 1 aliphatic heterocycles. The maximum atomic E-state index is 14.5. The number of alkyl halides is 2. The quantitative estimate of drug-likeness (QED) is 0.904. The SMILES string of the molecule is CCCn1ccnc1C(F)(F)C(=O)NC1CC(C)(C)OC1(C)C. The Morgan fingerprint density at radius 1 is 1.48 bits per heavy atom. The lowest BCUT2D eigenvalue weighted by Crippen LogP contribution is -2.51. The molecular formula is C16H25F2N3O2. The molecule has 0 spiro atoms. The molecule has 1 saturated heterocycles. The highest BCUT2D eigenvalue weighted by molar-refractivity contribution is 5.84. The van der Waals surface area contributed by atoms with Gasteiger partial charge < -0.3 is 14.6 Å². The molecule has 0 aliphatic carbocycles. The number of aromatic nitrogens is 2. The molecule has 1 aliphatic rings. The molecule has 0 aromatic carbocycles. The summed E-state index contributed by atoms with van der Waals surface area (Å²) in [4.78, 5) is 15.9. The molecule has 1 unspecified atom stereocenters. The zero-order valence-corrected chi connectivity index (χ0v) is 14.3. The van der Waals surface area contributed by atoms with Gasteiger partial charge in [-0.25, -0.2) is 4.98 Å². The number of amides is 1. The zero-order chi connectivity index (χ0) is 17.5. The van der Waals surface area contributed by atoms with Gasteiger partial charge in [0.05, 0.1) is 17.2 Å². The van der Waals surface area contributed by atoms with Crippen molar-refractivity contribution in [3.8, 4) is 0 Å². The molecule has 1 atom stereocenters. The molecule has 5 nitrogen and oxygen atoms in total. The van der Waals surface area contributed by atoms with Gasteiger partial charge in [0.1, 0.15) is 0 Å². The van der Waals surface area contributed by atoms with E-state index in [9.17, 15) is 13.6 Å². The largest absolute Gasteiger partial charge is 0.381 e. The molecule has 0 radical (unpaired) electrons. The summed E-state index contributed by atoms with van der Waals surface area (Å²) in [5.41, 5.74) is -1.16. The van der Waals surface area contributed by atoms with E-state index in [0.29, 0.717) is 19.4 Å². The number of nitrogens with one attached hydrogen (secondary N) is 1. The van der Waals surface area contributed by atoms with E-state index in [2.05, 4.69) is 10.3 Å². The first-order valence-electron chi connectivity index (χ1n) is 7.90. The Hall–Kier alpha value is -1.50. The summed E-state index contributed by atoms with van der Waals surface area (Å²) in [6, 6.07) is -0.481. The van der Waals surface area contributed by atoms with E-state index in [1.165, 1.54) is 17.0 Å². The van der Waals surface area contributed by atoms with Crippen molar-refractivity contribution in [3.63, 3.8) is 0 Å². The van der Waals surface area contributed by atoms with Crippen molar-refractivity contribution in [1.82, 2.24) is 14.9 Å². The number of ether oxygens (including phenoxy) is 1. The molecule has 130 valence electrons. The van der Waals surface area contributed by atoms with Crippen LogP contribution in [0.2, 0.25) is 0 Å². The molecule has 1 amide bonds. The normalized spacial score (nSPS) is 23.0. The summed E-state index contributed by atoms with van der Waals surface area (Å²) in [7, 11) is 0. The van der Waals surface area contributed by atoms with Gasteiger partial charge in [0.2, 0.25) is 0 Å². The molecule has 1 N–H and O–H groups in total. The van der Waals surface area contributed by atoms with E-state index >= 15 is 0 Å². The Labute approximate surface area is 135 Å². The van der Waals surface area contributed by atoms with Crippen LogP contribution < -0.4 is 5.32 Å². The zero-order valence-electron chi connectivity index (χ0n) is 14.3. The Morgan fingerprint density at radius 3 is 2.65 bits per heavy atom. The Bertz CT molecular complexity index is 582. The molecule has 0 bridgehead atoms. The van der Waals surface area contributed by atoms with Crippen molar-refractivity contribution < 1.29 is 18.3 Å². The van der Waals surface area contributed by atoms with E-state index in [0.717, 1.165) is 0 Å². The van der Waals surface area contributed by atoms with Gasteiger partial charge in [-0.2, -0.15) is 8.78 Å². The maximum Gasteiger partial charge on any atom is 0.381 e. The number of hydrogen-bond donors (Lipinski definition) is 1. The van der Waals surface area contributed by atoms with Crippen LogP contribution in [0.1, 0.15) is 53.3 Å². The van der Waals surface area contributed by atoms with Crippen molar-refractivity contribution in [2.45, 2.75) is 77.2 Å². The first-order valence-corrected chi connectivity index (χ1v) is 7.90. The lowest BCUT2D eigenvalue weighted by molar-refractivity contribution is -0.150. The van der Waals surface area contributed by atoms with Gasteiger partial charge in [-0.05, 0) is 40.5 Å². The molecule has 1 aromatic heterocycles. The first-order chi connectivity index (χ1) is 10.5. The van der Waals surface area contributed by atoms with Gasteiger partial charge in [-0.15, -0.1) is 0 Å². The molecule has 0 saturated carbocycles. The number of carbonyl (C=O) groups is 1. The molecule has 1 fully saturated rings. The summed E-state index contributed by atoms with van der Waals surface area (Å²) >= 11 is 0. The summed E-state index contributed by atoms with van der Waals surface area (Å²) in [5, 5.41) is 2.46. The Kier molecular flexibility index (Phi) is 4.54. The number of hydrogen-bond acceptors (Lipinski definition) is 3. The van der Waals surface area contributed by atoms with Gasteiger partial charge in [0, 0.05) is 18.9 Å². The van der Waals surface area contributed by atoms with Crippen LogP contribution in [0.5, 0.6) is 0 Å². The number of rotatable bonds is 5. The van der Waals surface area contributed by atoms with Crippen molar-refractivity contribution in [2.24, 2.45) is 0 Å². The predicted octanol–water partition coefficient (Wildman–Crippen LogP) is 2.85. The molecule has 7 heteroatoms. The van der Waals surface area contributed by atoms with Crippen LogP contribution in [-0.2, 0) is 22.0 Å². The fourth-order valence-corrected chi connectivity index (χ4v) is 3.15. The van der Waals surface area contributed by atoms with E-state index in [4.69, 9.17) is 4.74 Å². The Morgan fingerprint density at radius 2 is 2.13 bits per heavy atom. The van der Waals surface area contributed by atoms with Crippen LogP contribution >= 0.6 is 0 Å². The minimum absolute atomic E-state index is 0.392. The highest BCUT2D eigenvalue weighted by Crippen LogP contribution is 2.38. The molecular weight excluding hydrogens is 304 g/mol. The van der Waals surface area contributed by atoms with Crippen LogP contribution in [-0.4, -0.2) is 32.7 Å². The van der Waals surface area contributed by atoms with Crippen LogP contribution in [0.4, 0.5) is 8.78 Å². The second-order valence-electron chi connectivity index (χ2n) is 7.21. The standard InChI is InChI=1S/C16H25F2N3O2/c1-6-8-21-9-7-19-12(21)16(17,18)13(22)20-11-10-14(2,3)23-15(11,4)5/h7,9,11H,6,8,10H2,1-5H3,(H,20,22). The monoisotopic (exact) mass is 329 g/mol. The minimum atomic E-state index is -3.68. The van der Waals surface area contributed by atoms with E-state index < -0.39 is 34.9 Å². The van der Waals surface area contributed by atoms with Crippen molar-refractivity contribution in [2.75, 3.05) is 0 Å². The maximum absolute atomic E-state index is 14.5. The van der Waals surface area contributed by atoms with Gasteiger partial charge in [0.15, 0.2) is 5.82 Å². The third-order valence-corrected chi connectivity index (χ3v) is 4.13. The van der Waals surface area contributed by atoms with E-state index in [1.54, 1.807) is 13.8 Å². The average molecular weight is 329 g/mol.